The quantitative estimate of drug-likeness (QED) is 0.0149. The fourth-order valence-corrected chi connectivity index (χ4v) is 11.1. The van der Waals surface area contributed by atoms with Gasteiger partial charge in [-0.1, -0.05) is 191 Å². The summed E-state index contributed by atoms with van der Waals surface area (Å²) in [5.74, 6) is -1.47. The topological polar surface area (TPSA) is 406 Å². The molecule has 0 bridgehead atoms. The van der Waals surface area contributed by atoms with Gasteiger partial charge in [-0.05, 0) is 109 Å². The van der Waals surface area contributed by atoms with Gasteiger partial charge in [0.25, 0.3) is 0 Å². The largest absolute Gasteiger partial charge is 0.510 e. The average molecular weight is 1400 g/mol. The first-order chi connectivity index (χ1) is 47.7. The van der Waals surface area contributed by atoms with E-state index < -0.39 is 110 Å². The molecule has 1 aliphatic carbocycles. The Kier molecular flexibility index (Phi) is 47.7. The van der Waals surface area contributed by atoms with Crippen molar-refractivity contribution in [2.24, 2.45) is 23.5 Å². The molecule has 562 valence electrons. The van der Waals surface area contributed by atoms with Crippen molar-refractivity contribution in [3.8, 4) is 0 Å². The number of amides is 1. The van der Waals surface area contributed by atoms with Crippen LogP contribution >= 0.6 is 0 Å². The fraction of sp³-hybridized carbons (Fsp3) is 0.564. The molecule has 1 fully saturated rings. The van der Waals surface area contributed by atoms with Crippen molar-refractivity contribution in [1.82, 2.24) is 10.6 Å². The molecule has 19 N–H and O–H groups in total. The number of ketones is 1. The lowest BCUT2D eigenvalue weighted by Gasteiger charge is -2.42. The molecule has 2 aliphatic rings. The Morgan fingerprint density at radius 2 is 1.18 bits per heavy atom. The number of allylic oxidation sites excluding steroid dienone is 17. The van der Waals surface area contributed by atoms with E-state index in [-0.39, 0.29) is 112 Å². The number of unbranched alkanes of at least 4 members (excludes halogenated alkanes) is 1. The van der Waals surface area contributed by atoms with Crippen molar-refractivity contribution in [1.29, 1.82) is 0 Å². The summed E-state index contributed by atoms with van der Waals surface area (Å²) in [5.41, 5.74) is 6.43. The third kappa shape index (κ3) is 39.5. The molecule has 1 amide bonds. The Labute approximate surface area is 593 Å². The van der Waals surface area contributed by atoms with Crippen LogP contribution in [0.4, 0.5) is 0 Å². The van der Waals surface area contributed by atoms with Crippen molar-refractivity contribution >= 4 is 11.7 Å². The molecule has 0 aromatic heterocycles. The summed E-state index contributed by atoms with van der Waals surface area (Å²) in [6.45, 7) is 13.7. The van der Waals surface area contributed by atoms with Crippen LogP contribution in [0.25, 0.3) is 0 Å². The first-order valence-corrected chi connectivity index (χ1v) is 35.2. The van der Waals surface area contributed by atoms with Crippen LogP contribution in [0.15, 0.2) is 188 Å². The van der Waals surface area contributed by atoms with E-state index in [0.29, 0.717) is 32.4 Å². The van der Waals surface area contributed by atoms with E-state index in [4.69, 9.17) is 15.2 Å². The zero-order chi connectivity index (χ0) is 74.4. The number of aliphatic hydroxyl groups excluding tert-OH is 15. The Morgan fingerprint density at radius 3 is 1.78 bits per heavy atom. The number of carbonyl (C=O) groups is 2. The van der Waals surface area contributed by atoms with Gasteiger partial charge in [-0.15, -0.1) is 0 Å². The molecule has 0 spiro atoms. The Balaban J connectivity index is 0.000000797. The number of aliphatic hydroxyl groups is 15. The SMILES string of the molecule is C/C=C/C=C/CC(OC1OC(C)C(O)C(O)C1O)C(C)C(CC(O)CC(O)CC(O)/C=C/CC(O)CC(O)CC(O)CC(O)/C=C/CC(O)CC(O)CCCN)NCc1ccccc1.C=C/C=C/C=C/C(O)C(C)C(O)C(C)/C=C/CC/C=C/C=C/C=C/C=C/C(=O)NC1=C(O)CCC1=O. The van der Waals surface area contributed by atoms with Gasteiger partial charge in [0.1, 0.15) is 29.8 Å². The number of nitrogens with one attached hydrogen (secondary N) is 2. The number of rotatable bonds is 48. The standard InChI is InChI=1S/C48H82N2O14.C30H39NO5/c1-4-5-6-10-21-44(64-48-47(62)46(61)45(60)32(3)63-48)31(2)43(50-30-33-14-8-7-9-15-33)29-42(59)28-41(58)26-37(54)19-12-18-36(53)25-40(57)27-39(56)24-35(52)17-11-16-34(51)23-38(55)20-13-22-49;1-4-5-6-16-19-25(32)24(3)30(36)23(2)18-15-13-11-9-7-8-10-12-14-17-20-28(35)31-29-26(33)21-22-27(29)34/h4-12,14-15,17,19,31-32,34-48,50-62H,13,16,18,20-30,49H2,1-3H3;4-10,12,14-20,23-25,30,32-33,36H,1,11,13,21-22H2,2-3H3,(H,31,35)/b5-4+,10-6+,17-11+,19-12+;6-5+,9-7+,10-8+,14-12+,18-15+,19-16+,20-17+. The molecule has 100 heavy (non-hydrogen) atoms. The zero-order valence-corrected chi connectivity index (χ0v) is 59.1. The highest BCUT2D eigenvalue weighted by Gasteiger charge is 2.44. The number of carbonyl (C=O) groups excluding carboxylic acids is 2. The third-order valence-electron chi connectivity index (χ3n) is 17.1. The van der Waals surface area contributed by atoms with E-state index in [1.165, 1.54) is 24.3 Å². The Bertz CT molecular complexity index is 2780. The summed E-state index contributed by atoms with van der Waals surface area (Å²) < 4.78 is 12.1. The van der Waals surface area contributed by atoms with Crippen LogP contribution in [-0.4, -0.2) is 205 Å². The summed E-state index contributed by atoms with van der Waals surface area (Å²) in [7, 11) is 0. The number of nitrogens with two attached hydrogens (primary N) is 1. The molecular weight excluding hydrogens is 1280 g/mol. The maximum absolute atomic E-state index is 11.8. The number of hydrogen-bond acceptors (Lipinski definition) is 21. The normalized spacial score (nSPS) is 23.1. The molecule has 21 unspecified atom stereocenters. The predicted octanol–water partition coefficient (Wildman–Crippen LogP) is 6.22. The number of Topliss-reactive ketones (excluding diaryl/α,β-unsaturated/α-hetero) is 1. The second kappa shape index (κ2) is 52.9. The van der Waals surface area contributed by atoms with Gasteiger partial charge >= 0.3 is 0 Å². The lowest BCUT2D eigenvalue weighted by Crippen LogP contribution is -2.58. The predicted molar refractivity (Wildman–Crippen MR) is 390 cm³/mol. The van der Waals surface area contributed by atoms with Crippen LogP contribution in [0.1, 0.15) is 143 Å². The average Bonchev–Trinajstić information content (AvgIpc) is 0.939. The molecule has 3 rings (SSSR count). The smallest absolute Gasteiger partial charge is 0.248 e. The van der Waals surface area contributed by atoms with Gasteiger partial charge < -0.3 is 102 Å². The Morgan fingerprint density at radius 1 is 0.620 bits per heavy atom. The monoisotopic (exact) mass is 1400 g/mol. The van der Waals surface area contributed by atoms with Crippen LogP contribution in [0.5, 0.6) is 0 Å². The van der Waals surface area contributed by atoms with E-state index in [2.05, 4.69) is 17.2 Å². The van der Waals surface area contributed by atoms with Crippen molar-refractivity contribution in [3.05, 3.63) is 194 Å². The van der Waals surface area contributed by atoms with E-state index >= 15 is 0 Å². The first kappa shape index (κ1) is 90.1. The van der Waals surface area contributed by atoms with Crippen molar-refractivity contribution in [2.75, 3.05) is 6.54 Å². The lowest BCUT2D eigenvalue weighted by atomic mass is 9.87. The molecule has 1 aliphatic heterocycles. The molecule has 21 atom stereocenters. The minimum absolute atomic E-state index is 0.00621. The van der Waals surface area contributed by atoms with Crippen LogP contribution in [0, 0.1) is 17.8 Å². The summed E-state index contributed by atoms with van der Waals surface area (Å²) >= 11 is 0. The summed E-state index contributed by atoms with van der Waals surface area (Å²) in [5, 5.41) is 162. The van der Waals surface area contributed by atoms with Gasteiger partial charge in [-0.3, -0.25) is 9.59 Å². The van der Waals surface area contributed by atoms with E-state index in [1.54, 1.807) is 61.6 Å². The van der Waals surface area contributed by atoms with Crippen molar-refractivity contribution < 1.29 is 95.7 Å². The summed E-state index contributed by atoms with van der Waals surface area (Å²) in [6, 6.07) is 9.31. The molecule has 22 nitrogen and oxygen atoms in total. The maximum Gasteiger partial charge on any atom is 0.248 e. The van der Waals surface area contributed by atoms with Gasteiger partial charge in [0.05, 0.1) is 79.4 Å². The van der Waals surface area contributed by atoms with Gasteiger partial charge in [0, 0.05) is 56.2 Å². The van der Waals surface area contributed by atoms with Crippen LogP contribution in [0.2, 0.25) is 0 Å². The second-order valence-electron chi connectivity index (χ2n) is 26.0. The summed E-state index contributed by atoms with van der Waals surface area (Å²) in [4.78, 5) is 23.3. The number of ether oxygens (including phenoxy) is 2. The zero-order valence-electron chi connectivity index (χ0n) is 59.1. The van der Waals surface area contributed by atoms with Crippen molar-refractivity contribution in [2.45, 2.75) is 254 Å². The second-order valence-corrected chi connectivity index (χ2v) is 26.0. The Hall–Kier alpha value is -5.94. The van der Waals surface area contributed by atoms with Crippen LogP contribution in [-0.2, 0) is 25.6 Å². The highest BCUT2D eigenvalue weighted by atomic mass is 16.7. The molecule has 0 radical (unpaired) electrons. The molecule has 1 aromatic carbocycles. The number of benzene rings is 1. The highest BCUT2D eigenvalue weighted by Crippen LogP contribution is 2.29. The minimum Gasteiger partial charge on any atom is -0.510 e. The molecule has 1 heterocycles. The summed E-state index contributed by atoms with van der Waals surface area (Å²) in [6.07, 6.45) is 27.1. The molecular formula is C78H121N3O19. The van der Waals surface area contributed by atoms with Gasteiger partial charge in [0.15, 0.2) is 12.1 Å². The molecule has 22 heteroatoms. The van der Waals surface area contributed by atoms with Crippen molar-refractivity contribution in [3.63, 3.8) is 0 Å². The molecule has 1 saturated heterocycles. The maximum atomic E-state index is 11.8. The van der Waals surface area contributed by atoms with Gasteiger partial charge in [-0.25, -0.2) is 0 Å². The van der Waals surface area contributed by atoms with Crippen LogP contribution < -0.4 is 16.4 Å². The molecule has 1 aromatic rings. The first-order valence-electron chi connectivity index (χ1n) is 35.2. The van der Waals surface area contributed by atoms with Crippen LogP contribution in [0.3, 0.4) is 0 Å². The third-order valence-corrected chi connectivity index (χ3v) is 17.1. The van der Waals surface area contributed by atoms with Gasteiger partial charge in [-0.2, -0.15) is 0 Å². The van der Waals surface area contributed by atoms with E-state index in [1.807, 2.05) is 119 Å². The van der Waals surface area contributed by atoms with Gasteiger partial charge in [0.2, 0.25) is 5.91 Å². The highest BCUT2D eigenvalue weighted by molar-refractivity contribution is 6.03. The fourth-order valence-electron chi connectivity index (χ4n) is 11.1. The van der Waals surface area contributed by atoms with E-state index in [9.17, 15) is 86.2 Å². The minimum atomic E-state index is -1.50. The molecule has 0 saturated carbocycles. The van der Waals surface area contributed by atoms with E-state index in [0.717, 1.165) is 18.4 Å². The number of hydrogen-bond donors (Lipinski definition) is 18. The lowest BCUT2D eigenvalue weighted by molar-refractivity contribution is -0.307.